The summed E-state index contributed by atoms with van der Waals surface area (Å²) < 4.78 is 16.0. The topological polar surface area (TPSA) is 99.6 Å². The monoisotopic (exact) mass is 365 g/mol. The number of hydrogen-bond donors (Lipinski definition) is 1. The number of amides is 1. The minimum atomic E-state index is -0.640. The number of carbonyl (C=O) groups is 2. The van der Waals surface area contributed by atoms with Crippen LogP contribution in [0.3, 0.4) is 0 Å². The minimum absolute atomic E-state index is 0.257. The molecular weight excluding hydrogens is 350 g/mol. The Morgan fingerprint density at radius 1 is 1.04 bits per heavy atom. The van der Waals surface area contributed by atoms with Crippen LogP contribution in [-0.2, 0) is 9.53 Å². The fourth-order valence-electron chi connectivity index (χ4n) is 2.68. The molecule has 0 bridgehead atoms. The van der Waals surface area contributed by atoms with Gasteiger partial charge in [0.1, 0.15) is 18.7 Å². The van der Waals surface area contributed by atoms with Gasteiger partial charge in [-0.1, -0.05) is 6.07 Å². The number of benzene rings is 2. The second-order valence-corrected chi connectivity index (χ2v) is 5.71. The third-order valence-electron chi connectivity index (χ3n) is 3.88. The summed E-state index contributed by atoms with van der Waals surface area (Å²) in [6, 6.07) is 10.1. The highest BCUT2D eigenvalue weighted by atomic mass is 16.6. The smallest absolute Gasteiger partial charge is 0.340 e. The highest BCUT2D eigenvalue weighted by molar-refractivity contribution is 6.02. The Labute approximate surface area is 154 Å². The Kier molecular flexibility index (Phi) is 4.52. The first-order chi connectivity index (χ1) is 13.2. The number of ether oxygens (including phenoxy) is 3. The third-order valence-corrected chi connectivity index (χ3v) is 3.88. The zero-order valence-corrected chi connectivity index (χ0v) is 14.2. The number of fused-ring (bicyclic) bond motifs is 2. The second-order valence-electron chi connectivity index (χ2n) is 5.71. The van der Waals surface area contributed by atoms with Gasteiger partial charge in [-0.05, 0) is 24.3 Å². The molecule has 1 aromatic heterocycles. The summed E-state index contributed by atoms with van der Waals surface area (Å²) in [5.41, 5.74) is 1.79. The highest BCUT2D eigenvalue weighted by Crippen LogP contribution is 2.32. The van der Waals surface area contributed by atoms with Crippen molar-refractivity contribution in [2.24, 2.45) is 0 Å². The van der Waals surface area contributed by atoms with Gasteiger partial charge in [0, 0.05) is 24.1 Å². The van der Waals surface area contributed by atoms with Gasteiger partial charge in [0.25, 0.3) is 5.91 Å². The maximum atomic E-state index is 12.3. The van der Waals surface area contributed by atoms with Crippen molar-refractivity contribution in [3.63, 3.8) is 0 Å². The van der Waals surface area contributed by atoms with Crippen LogP contribution in [0.2, 0.25) is 0 Å². The molecule has 2 aromatic carbocycles. The van der Waals surface area contributed by atoms with Crippen LogP contribution in [0.25, 0.3) is 11.0 Å². The molecule has 0 saturated heterocycles. The molecular formula is C19H15N3O5. The summed E-state index contributed by atoms with van der Waals surface area (Å²) in [5, 5.41) is 2.66. The van der Waals surface area contributed by atoms with E-state index in [1.165, 1.54) is 12.4 Å². The van der Waals surface area contributed by atoms with Gasteiger partial charge >= 0.3 is 5.97 Å². The standard InChI is InChI=1S/C19H15N3O5/c23-17(22-12-4-5-15-16(10-12)26-9-8-25-15)11-27-19(24)13-2-1-3-14-18(13)21-7-6-20-14/h1-7,10H,8-9,11H2,(H,22,23). The molecule has 0 radical (unpaired) electrons. The Hall–Kier alpha value is -3.68. The van der Waals surface area contributed by atoms with E-state index in [9.17, 15) is 9.59 Å². The molecule has 136 valence electrons. The number of nitrogens with one attached hydrogen (secondary N) is 1. The zero-order valence-electron chi connectivity index (χ0n) is 14.2. The van der Waals surface area contributed by atoms with Crippen molar-refractivity contribution in [2.45, 2.75) is 0 Å². The molecule has 8 nitrogen and oxygen atoms in total. The van der Waals surface area contributed by atoms with E-state index in [0.29, 0.717) is 41.4 Å². The lowest BCUT2D eigenvalue weighted by Gasteiger charge is -2.19. The van der Waals surface area contributed by atoms with Crippen LogP contribution in [0.15, 0.2) is 48.8 Å². The Balaban J connectivity index is 1.39. The SMILES string of the molecule is O=C(COC(=O)c1cccc2nccnc12)Nc1ccc2c(c1)OCCO2. The summed E-state index contributed by atoms with van der Waals surface area (Å²) in [6.07, 6.45) is 3.03. The molecule has 3 aromatic rings. The number of carbonyl (C=O) groups excluding carboxylic acids is 2. The van der Waals surface area contributed by atoms with Gasteiger partial charge in [-0.25, -0.2) is 4.79 Å². The van der Waals surface area contributed by atoms with Crippen LogP contribution >= 0.6 is 0 Å². The number of rotatable bonds is 4. The molecule has 4 rings (SSSR count). The van der Waals surface area contributed by atoms with Crippen LogP contribution in [0.4, 0.5) is 5.69 Å². The number of para-hydroxylation sites is 1. The molecule has 1 amide bonds. The van der Waals surface area contributed by atoms with Gasteiger partial charge in [-0.2, -0.15) is 0 Å². The maximum absolute atomic E-state index is 12.3. The van der Waals surface area contributed by atoms with Crippen molar-refractivity contribution >= 4 is 28.6 Å². The number of anilines is 1. The predicted molar refractivity (Wildman–Crippen MR) is 95.9 cm³/mol. The van der Waals surface area contributed by atoms with Gasteiger partial charge < -0.3 is 19.5 Å². The lowest BCUT2D eigenvalue weighted by molar-refractivity contribution is -0.119. The van der Waals surface area contributed by atoms with Crippen molar-refractivity contribution in [1.82, 2.24) is 9.97 Å². The van der Waals surface area contributed by atoms with Crippen LogP contribution in [0.1, 0.15) is 10.4 Å². The van der Waals surface area contributed by atoms with Gasteiger partial charge in [0.2, 0.25) is 0 Å². The number of esters is 1. The largest absolute Gasteiger partial charge is 0.486 e. The van der Waals surface area contributed by atoms with Crippen molar-refractivity contribution in [3.05, 3.63) is 54.4 Å². The maximum Gasteiger partial charge on any atom is 0.340 e. The van der Waals surface area contributed by atoms with E-state index in [4.69, 9.17) is 14.2 Å². The molecule has 0 fully saturated rings. The van der Waals surface area contributed by atoms with Crippen LogP contribution in [0, 0.1) is 0 Å². The summed E-state index contributed by atoms with van der Waals surface area (Å²) in [6.45, 7) is 0.521. The first-order valence-corrected chi connectivity index (χ1v) is 8.27. The summed E-state index contributed by atoms with van der Waals surface area (Å²) >= 11 is 0. The highest BCUT2D eigenvalue weighted by Gasteiger charge is 2.16. The molecule has 8 heteroatoms. The predicted octanol–water partition coefficient (Wildman–Crippen LogP) is 2.20. The Bertz CT molecular complexity index is 1020. The molecule has 0 unspecified atom stereocenters. The van der Waals surface area contributed by atoms with E-state index in [0.717, 1.165) is 0 Å². The van der Waals surface area contributed by atoms with E-state index in [1.54, 1.807) is 36.4 Å². The fraction of sp³-hybridized carbons (Fsp3) is 0.158. The van der Waals surface area contributed by atoms with Gasteiger partial charge in [-0.15, -0.1) is 0 Å². The van der Waals surface area contributed by atoms with Gasteiger partial charge in [-0.3, -0.25) is 14.8 Å². The van der Waals surface area contributed by atoms with E-state index >= 15 is 0 Å². The molecule has 2 heterocycles. The average Bonchev–Trinajstić information content (AvgIpc) is 2.71. The summed E-state index contributed by atoms with van der Waals surface area (Å²) in [4.78, 5) is 32.7. The lowest BCUT2D eigenvalue weighted by Crippen LogP contribution is -2.21. The molecule has 1 aliphatic rings. The fourth-order valence-corrected chi connectivity index (χ4v) is 2.68. The summed E-state index contributed by atoms with van der Waals surface area (Å²) in [7, 11) is 0. The molecule has 0 aliphatic carbocycles. The molecule has 0 atom stereocenters. The van der Waals surface area contributed by atoms with Crippen molar-refractivity contribution in [1.29, 1.82) is 0 Å². The molecule has 0 saturated carbocycles. The first-order valence-electron chi connectivity index (χ1n) is 8.27. The van der Waals surface area contributed by atoms with Gasteiger partial charge in [0.05, 0.1) is 11.1 Å². The molecule has 1 aliphatic heterocycles. The number of nitrogens with zero attached hydrogens (tertiary/aromatic N) is 2. The molecule has 27 heavy (non-hydrogen) atoms. The van der Waals surface area contributed by atoms with Crippen LogP contribution < -0.4 is 14.8 Å². The zero-order chi connectivity index (χ0) is 18.6. The van der Waals surface area contributed by atoms with Crippen LogP contribution in [-0.4, -0.2) is 41.7 Å². The normalized spacial score (nSPS) is 12.4. The number of hydrogen-bond acceptors (Lipinski definition) is 7. The number of aromatic nitrogens is 2. The van der Waals surface area contributed by atoms with E-state index < -0.39 is 18.5 Å². The van der Waals surface area contributed by atoms with Crippen LogP contribution in [0.5, 0.6) is 11.5 Å². The quantitative estimate of drug-likeness (QED) is 0.708. The van der Waals surface area contributed by atoms with E-state index in [2.05, 4.69) is 15.3 Å². The van der Waals surface area contributed by atoms with Crippen molar-refractivity contribution < 1.29 is 23.8 Å². The average molecular weight is 365 g/mol. The Morgan fingerprint density at radius 2 is 1.85 bits per heavy atom. The minimum Gasteiger partial charge on any atom is -0.486 e. The van der Waals surface area contributed by atoms with Crippen molar-refractivity contribution in [2.75, 3.05) is 25.1 Å². The van der Waals surface area contributed by atoms with E-state index in [1.807, 2.05) is 0 Å². The van der Waals surface area contributed by atoms with Crippen molar-refractivity contribution in [3.8, 4) is 11.5 Å². The lowest BCUT2D eigenvalue weighted by atomic mass is 10.2. The van der Waals surface area contributed by atoms with Gasteiger partial charge in [0.15, 0.2) is 18.1 Å². The third kappa shape index (κ3) is 3.64. The molecule has 0 spiro atoms. The Morgan fingerprint density at radius 3 is 2.74 bits per heavy atom. The molecule has 1 N–H and O–H groups in total. The van der Waals surface area contributed by atoms with E-state index in [-0.39, 0.29) is 5.56 Å². The second kappa shape index (κ2) is 7.28. The first kappa shape index (κ1) is 16.8. The summed E-state index contributed by atoms with van der Waals surface area (Å²) in [5.74, 6) is 0.0814.